The molecule has 0 amide bonds. The molecule has 9 aromatic rings. The number of methoxy groups -OCH3 is 2. The number of nitrogens with two attached hydrogens (primary N) is 1. The van der Waals surface area contributed by atoms with Gasteiger partial charge in [0.15, 0.2) is 23.1 Å². The third-order valence-corrected chi connectivity index (χ3v) is 9.75. The molecule has 9 heterocycles. The van der Waals surface area contributed by atoms with Gasteiger partial charge in [0.05, 0.1) is 84.2 Å². The molecular formula is C48H37F9N14O2. The fourth-order valence-corrected chi connectivity index (χ4v) is 6.18. The van der Waals surface area contributed by atoms with Crippen LogP contribution in [0.3, 0.4) is 0 Å². The summed E-state index contributed by atoms with van der Waals surface area (Å²) in [6, 6.07) is 23.3. The fraction of sp³-hybridized carbons (Fsp3) is 0.125. The van der Waals surface area contributed by atoms with Gasteiger partial charge in [0.25, 0.3) is 0 Å². The smallest absolute Gasteiger partial charge is 0.417 e. The van der Waals surface area contributed by atoms with E-state index in [9.17, 15) is 39.5 Å². The Labute approximate surface area is 408 Å². The zero-order valence-electron chi connectivity index (χ0n) is 38.1. The number of nitrogen functional groups attached to an aromatic ring is 1. The van der Waals surface area contributed by atoms with Crippen molar-refractivity contribution in [3.63, 3.8) is 0 Å². The van der Waals surface area contributed by atoms with Gasteiger partial charge in [0.2, 0.25) is 11.8 Å². The predicted molar refractivity (Wildman–Crippen MR) is 252 cm³/mol. The Hall–Kier alpha value is -9.29. The van der Waals surface area contributed by atoms with Crippen LogP contribution in [0.1, 0.15) is 28.1 Å². The summed E-state index contributed by atoms with van der Waals surface area (Å²) in [7, 11) is 2.96. The number of hydrogen-bond acceptors (Lipinski definition) is 15. The summed E-state index contributed by atoms with van der Waals surface area (Å²) in [6.07, 6.45) is -2.11. The zero-order chi connectivity index (χ0) is 52.3. The van der Waals surface area contributed by atoms with Gasteiger partial charge >= 0.3 is 18.5 Å². The molecule has 0 unspecified atom stereocenters. The third kappa shape index (κ3) is 13.5. The second-order valence-electron chi connectivity index (χ2n) is 14.9. The SMILES string of the molecule is COc1ccc(Nc2ncc(C(F)(F)F)cc2N)cn1.COc1ccc(Nc2ncc(C(F)(F)F)cc2N=Cc2ccccn2)cn1.Cc1ccc(-n2c(-c3ccccn3)nc3cc(C(F)(F)F)cnc32)cn1. The topological polar surface area (TPSA) is 202 Å². The molecule has 25 heteroatoms. The molecule has 0 aliphatic heterocycles. The summed E-state index contributed by atoms with van der Waals surface area (Å²) in [5, 5.41) is 5.69. The highest BCUT2D eigenvalue weighted by molar-refractivity contribution is 5.82. The standard InChI is InChI=1S/C18H14F3N5O.C18H12F3N5.C12H11F3N4O/c1-27-16-6-5-14(11-24-16)26-17-15(8-12(9-25-17)18(19,20)21)23-10-13-4-2-3-7-22-13;1-11-5-6-13(10-23-11)26-16-15(8-12(9-24-16)18(19,20)21)25-17(26)14-4-2-3-7-22-14;1-20-10-3-2-8(6-17-10)19-11-9(16)4-7(5-18-11)12(13,14)15/h2-11H,1H3,(H,25,26);2-10H,1H3;2-6H,16H2,1H3,(H,18,19). The summed E-state index contributed by atoms with van der Waals surface area (Å²) in [4.78, 5) is 40.6. The van der Waals surface area contributed by atoms with Crippen LogP contribution in [-0.4, -0.2) is 69.9 Å². The molecule has 4 N–H and O–H groups in total. The number of halogens is 9. The fourth-order valence-electron chi connectivity index (χ4n) is 6.18. The van der Waals surface area contributed by atoms with Crippen LogP contribution in [0.15, 0.2) is 146 Å². The Bertz CT molecular complexity index is 3290. The molecule has 0 aliphatic carbocycles. The number of nitrogens with zero attached hydrogens (tertiary/aromatic N) is 11. The maximum atomic E-state index is 13.0. The Balaban J connectivity index is 0.000000162. The van der Waals surface area contributed by atoms with E-state index in [2.05, 4.69) is 60.5 Å². The lowest BCUT2D eigenvalue weighted by Gasteiger charge is -2.12. The van der Waals surface area contributed by atoms with E-state index in [1.807, 2.05) is 19.1 Å². The number of pyridine rings is 8. The van der Waals surface area contributed by atoms with Gasteiger partial charge in [0.1, 0.15) is 16.9 Å². The first kappa shape index (κ1) is 51.6. The van der Waals surface area contributed by atoms with Crippen LogP contribution in [0.4, 0.5) is 73.9 Å². The van der Waals surface area contributed by atoms with E-state index in [1.54, 1.807) is 83.8 Å². The Morgan fingerprint density at radius 3 is 1.67 bits per heavy atom. The van der Waals surface area contributed by atoms with Gasteiger partial charge in [-0.25, -0.2) is 29.9 Å². The van der Waals surface area contributed by atoms with Crippen LogP contribution in [0, 0.1) is 6.92 Å². The second kappa shape index (κ2) is 22.2. The number of hydrogen-bond donors (Lipinski definition) is 3. The first-order chi connectivity index (χ1) is 34.8. The average Bonchev–Trinajstić information content (AvgIpc) is 3.77. The summed E-state index contributed by atoms with van der Waals surface area (Å²) in [6.45, 7) is 1.85. The molecule has 0 saturated heterocycles. The summed E-state index contributed by atoms with van der Waals surface area (Å²) in [5.41, 5.74) is 6.85. The van der Waals surface area contributed by atoms with Crippen LogP contribution in [0.2, 0.25) is 0 Å². The van der Waals surface area contributed by atoms with Crippen LogP contribution in [0.25, 0.3) is 28.4 Å². The van der Waals surface area contributed by atoms with Crippen LogP contribution >= 0.6 is 0 Å². The van der Waals surface area contributed by atoms with Crippen molar-refractivity contribution in [3.8, 4) is 29.0 Å². The van der Waals surface area contributed by atoms with Gasteiger partial charge in [-0.1, -0.05) is 12.1 Å². The molecule has 0 saturated carbocycles. The highest BCUT2D eigenvalue weighted by Crippen LogP contribution is 2.36. The molecule has 9 rings (SSSR count). The van der Waals surface area contributed by atoms with E-state index in [4.69, 9.17) is 15.2 Å². The minimum Gasteiger partial charge on any atom is -0.481 e. The highest BCUT2D eigenvalue weighted by atomic mass is 19.4. The number of alkyl halides is 9. The van der Waals surface area contributed by atoms with Gasteiger partial charge < -0.3 is 25.8 Å². The molecule has 0 atom stereocenters. The first-order valence-electron chi connectivity index (χ1n) is 21.0. The lowest BCUT2D eigenvalue weighted by Crippen LogP contribution is -2.08. The van der Waals surface area contributed by atoms with Crippen molar-refractivity contribution in [2.24, 2.45) is 4.99 Å². The summed E-state index contributed by atoms with van der Waals surface area (Å²) < 4.78 is 127. The van der Waals surface area contributed by atoms with E-state index in [0.717, 1.165) is 42.5 Å². The summed E-state index contributed by atoms with van der Waals surface area (Å²) >= 11 is 0. The van der Waals surface area contributed by atoms with Crippen molar-refractivity contribution < 1.29 is 49.0 Å². The number of nitrogens with one attached hydrogen (secondary N) is 2. The predicted octanol–water partition coefficient (Wildman–Crippen LogP) is 11.4. The number of anilines is 5. The van der Waals surface area contributed by atoms with Crippen molar-refractivity contribution in [2.75, 3.05) is 30.6 Å². The molecule has 0 aromatic carbocycles. The molecule has 0 bridgehead atoms. The van der Waals surface area contributed by atoms with Crippen molar-refractivity contribution in [2.45, 2.75) is 25.5 Å². The monoisotopic (exact) mass is 1010 g/mol. The zero-order valence-corrected chi connectivity index (χ0v) is 38.1. The highest BCUT2D eigenvalue weighted by Gasteiger charge is 2.34. The van der Waals surface area contributed by atoms with Gasteiger partial charge in [-0.05, 0) is 73.7 Å². The number of aliphatic imine (C=N–C) groups is 1. The number of fused-ring (bicyclic) bond motifs is 1. The second-order valence-corrected chi connectivity index (χ2v) is 14.9. The lowest BCUT2D eigenvalue weighted by molar-refractivity contribution is -0.138. The van der Waals surface area contributed by atoms with E-state index in [0.29, 0.717) is 51.7 Å². The van der Waals surface area contributed by atoms with Crippen LogP contribution < -0.4 is 25.8 Å². The van der Waals surface area contributed by atoms with Gasteiger partial charge in [0, 0.05) is 48.8 Å². The maximum absolute atomic E-state index is 13.0. The molecule has 9 aromatic heterocycles. The minimum absolute atomic E-state index is 0.0197. The number of aromatic nitrogens is 10. The largest absolute Gasteiger partial charge is 0.481 e. The number of aryl methyl sites for hydroxylation is 1. The molecule has 0 aliphatic rings. The van der Waals surface area contributed by atoms with Gasteiger partial charge in [-0.3, -0.25) is 24.5 Å². The van der Waals surface area contributed by atoms with E-state index >= 15 is 0 Å². The molecule has 374 valence electrons. The minimum atomic E-state index is -4.53. The van der Waals surface area contributed by atoms with Crippen molar-refractivity contribution in [1.29, 1.82) is 0 Å². The average molecular weight is 1010 g/mol. The third-order valence-electron chi connectivity index (χ3n) is 9.75. The lowest BCUT2D eigenvalue weighted by atomic mass is 10.2. The van der Waals surface area contributed by atoms with Crippen molar-refractivity contribution >= 4 is 51.8 Å². The maximum Gasteiger partial charge on any atom is 0.417 e. The first-order valence-corrected chi connectivity index (χ1v) is 21.0. The molecule has 0 fully saturated rings. The molecule has 16 nitrogen and oxygen atoms in total. The number of rotatable bonds is 10. The number of imidazole rings is 1. The number of ether oxygens (including phenoxy) is 2. The van der Waals surface area contributed by atoms with Crippen LogP contribution in [-0.2, 0) is 18.5 Å². The van der Waals surface area contributed by atoms with Crippen molar-refractivity contribution in [1.82, 2.24) is 49.4 Å². The van der Waals surface area contributed by atoms with Gasteiger partial charge in [-0.15, -0.1) is 0 Å². The normalized spacial score (nSPS) is 11.6. The van der Waals surface area contributed by atoms with E-state index in [1.165, 1.54) is 32.8 Å². The molecule has 0 spiro atoms. The molecular weight excluding hydrogens is 976 g/mol. The van der Waals surface area contributed by atoms with Gasteiger partial charge in [-0.2, -0.15) is 39.5 Å². The summed E-state index contributed by atoms with van der Waals surface area (Å²) in [5.74, 6) is 1.52. The molecule has 73 heavy (non-hydrogen) atoms. The Morgan fingerprint density at radius 1 is 0.575 bits per heavy atom. The quantitative estimate of drug-likeness (QED) is 0.0862. The van der Waals surface area contributed by atoms with Crippen molar-refractivity contribution in [3.05, 3.63) is 169 Å². The van der Waals surface area contributed by atoms with E-state index in [-0.39, 0.29) is 28.5 Å². The van der Waals surface area contributed by atoms with Crippen LogP contribution in [0.5, 0.6) is 11.8 Å². The van der Waals surface area contributed by atoms with E-state index < -0.39 is 35.2 Å². The molecule has 0 radical (unpaired) electrons. The Morgan fingerprint density at radius 2 is 1.15 bits per heavy atom. The Kier molecular flexibility index (Phi) is 15.7.